The molecule has 1 N–H and O–H groups in total. The molecule has 0 spiro atoms. The van der Waals surface area contributed by atoms with Crippen molar-refractivity contribution in [2.45, 2.75) is 38.8 Å². The second-order valence-corrected chi connectivity index (χ2v) is 5.88. The summed E-state index contributed by atoms with van der Waals surface area (Å²) in [5.74, 6) is -0.797. The molecular weight excluding hydrogens is 295 g/mol. The van der Waals surface area contributed by atoms with Gasteiger partial charge < -0.3 is 10.2 Å². The Morgan fingerprint density at radius 1 is 1.43 bits per heavy atom. The normalized spacial score (nSPS) is 23.0. The Labute approximate surface area is 128 Å². The van der Waals surface area contributed by atoms with E-state index in [9.17, 15) is 14.0 Å². The minimum Gasteiger partial charge on any atom is -0.342 e. The quantitative estimate of drug-likeness (QED) is 0.932. The van der Waals surface area contributed by atoms with Crippen molar-refractivity contribution in [3.63, 3.8) is 0 Å². The molecule has 114 valence electrons. The summed E-state index contributed by atoms with van der Waals surface area (Å²) in [6.45, 7) is 3.95. The van der Waals surface area contributed by atoms with Crippen LogP contribution in [0.4, 0.5) is 4.39 Å². The van der Waals surface area contributed by atoms with Crippen molar-refractivity contribution >= 4 is 23.4 Å². The fourth-order valence-electron chi connectivity index (χ4n) is 2.36. The molecule has 1 aliphatic heterocycles. The van der Waals surface area contributed by atoms with Gasteiger partial charge in [-0.05, 0) is 25.5 Å². The van der Waals surface area contributed by atoms with Crippen molar-refractivity contribution in [1.29, 1.82) is 0 Å². The average molecular weight is 313 g/mol. The summed E-state index contributed by atoms with van der Waals surface area (Å²) < 4.78 is 13.9. The number of rotatable bonds is 3. The number of carbonyl (C=O) groups excluding carboxylic acids is 2. The number of halogens is 2. The molecule has 1 aromatic carbocycles. The monoisotopic (exact) mass is 312 g/mol. The molecule has 0 radical (unpaired) electrons. The lowest BCUT2D eigenvalue weighted by Gasteiger charge is -2.31. The van der Waals surface area contributed by atoms with E-state index in [4.69, 9.17) is 11.6 Å². The van der Waals surface area contributed by atoms with Crippen molar-refractivity contribution in [1.82, 2.24) is 10.2 Å². The minimum absolute atomic E-state index is 0.131. The van der Waals surface area contributed by atoms with Gasteiger partial charge in [-0.3, -0.25) is 9.59 Å². The summed E-state index contributed by atoms with van der Waals surface area (Å²) >= 11 is 5.73. The lowest BCUT2D eigenvalue weighted by atomic mass is 9.97. The molecule has 21 heavy (non-hydrogen) atoms. The topological polar surface area (TPSA) is 49.4 Å². The van der Waals surface area contributed by atoms with Gasteiger partial charge in [-0.25, -0.2) is 4.39 Å². The zero-order valence-electron chi connectivity index (χ0n) is 12.1. The van der Waals surface area contributed by atoms with E-state index in [1.807, 2.05) is 6.92 Å². The van der Waals surface area contributed by atoms with Crippen LogP contribution in [0, 0.1) is 5.82 Å². The highest BCUT2D eigenvalue weighted by Gasteiger charge is 2.39. The van der Waals surface area contributed by atoms with E-state index in [2.05, 4.69) is 5.32 Å². The first-order chi connectivity index (χ1) is 9.85. The van der Waals surface area contributed by atoms with Crippen LogP contribution >= 0.6 is 11.6 Å². The van der Waals surface area contributed by atoms with Gasteiger partial charge in [0, 0.05) is 30.1 Å². The molecule has 6 heteroatoms. The van der Waals surface area contributed by atoms with Crippen molar-refractivity contribution in [3.8, 4) is 0 Å². The zero-order chi connectivity index (χ0) is 15.6. The second-order valence-electron chi connectivity index (χ2n) is 5.45. The van der Waals surface area contributed by atoms with E-state index in [0.717, 1.165) is 0 Å². The number of nitrogens with one attached hydrogen (secondary N) is 1. The molecular formula is C15H18ClFN2O2. The zero-order valence-corrected chi connectivity index (χ0v) is 12.8. The summed E-state index contributed by atoms with van der Waals surface area (Å²) in [6, 6.07) is 4.38. The summed E-state index contributed by atoms with van der Waals surface area (Å²) in [5, 5.41) is 3.06. The van der Waals surface area contributed by atoms with Gasteiger partial charge in [0.05, 0.1) is 0 Å². The maximum absolute atomic E-state index is 13.9. The maximum atomic E-state index is 13.9. The molecule has 1 atom stereocenters. The molecule has 1 unspecified atom stereocenters. The van der Waals surface area contributed by atoms with Crippen molar-refractivity contribution in [2.24, 2.45) is 0 Å². The van der Waals surface area contributed by atoms with Crippen LogP contribution in [-0.4, -0.2) is 28.8 Å². The lowest BCUT2D eigenvalue weighted by molar-refractivity contribution is -0.138. The molecule has 0 aliphatic carbocycles. The molecule has 2 amide bonds. The Bertz CT molecular complexity index is 579. The third-order valence-corrected chi connectivity index (χ3v) is 4.10. The van der Waals surface area contributed by atoms with Crippen LogP contribution in [0.3, 0.4) is 0 Å². The molecule has 0 saturated carbocycles. The van der Waals surface area contributed by atoms with Gasteiger partial charge in [-0.15, -0.1) is 0 Å². The molecule has 2 rings (SSSR count). The van der Waals surface area contributed by atoms with Crippen LogP contribution in [0.15, 0.2) is 18.2 Å². The fraction of sp³-hybridized carbons (Fsp3) is 0.467. The Morgan fingerprint density at radius 2 is 2.14 bits per heavy atom. The number of hydrogen-bond donors (Lipinski definition) is 1. The van der Waals surface area contributed by atoms with Crippen LogP contribution in [0.1, 0.15) is 32.3 Å². The Kier molecular flexibility index (Phi) is 4.52. The third kappa shape index (κ3) is 3.35. The highest BCUT2D eigenvalue weighted by molar-refractivity contribution is 6.30. The van der Waals surface area contributed by atoms with E-state index >= 15 is 0 Å². The van der Waals surface area contributed by atoms with Crippen molar-refractivity contribution < 1.29 is 14.0 Å². The molecule has 0 aromatic heterocycles. The highest BCUT2D eigenvalue weighted by Crippen LogP contribution is 2.21. The van der Waals surface area contributed by atoms with Gasteiger partial charge in [0.15, 0.2) is 0 Å². The molecule has 1 heterocycles. The van der Waals surface area contributed by atoms with Gasteiger partial charge in [0.2, 0.25) is 11.8 Å². The molecule has 4 nitrogen and oxygen atoms in total. The van der Waals surface area contributed by atoms with Crippen LogP contribution in [0.25, 0.3) is 0 Å². The number of hydrogen-bond acceptors (Lipinski definition) is 2. The van der Waals surface area contributed by atoms with Gasteiger partial charge in [0.25, 0.3) is 0 Å². The van der Waals surface area contributed by atoms with Crippen molar-refractivity contribution in [2.75, 3.05) is 6.54 Å². The van der Waals surface area contributed by atoms with Gasteiger partial charge in [-0.1, -0.05) is 24.6 Å². The highest BCUT2D eigenvalue weighted by atomic mass is 35.5. The standard InChI is InChI=1S/C15H18ClFN2O2/c1-3-15(2)14(21)19(7-6-13(20)18-15)9-10-4-5-11(16)8-12(10)17/h4-5,8H,3,6-7,9H2,1-2H3,(H,18,20). The molecule has 1 aliphatic rings. The summed E-state index contributed by atoms with van der Waals surface area (Å²) in [4.78, 5) is 25.8. The van der Waals surface area contributed by atoms with Crippen LogP contribution in [0.5, 0.6) is 0 Å². The Morgan fingerprint density at radius 3 is 2.76 bits per heavy atom. The van der Waals surface area contributed by atoms with E-state index in [0.29, 0.717) is 17.0 Å². The Balaban J connectivity index is 2.25. The van der Waals surface area contributed by atoms with Crippen LogP contribution in [0.2, 0.25) is 5.02 Å². The van der Waals surface area contributed by atoms with Crippen LogP contribution in [-0.2, 0) is 16.1 Å². The molecule has 1 fully saturated rings. The van der Waals surface area contributed by atoms with Crippen molar-refractivity contribution in [3.05, 3.63) is 34.6 Å². The van der Waals surface area contributed by atoms with E-state index in [1.54, 1.807) is 19.1 Å². The smallest absolute Gasteiger partial charge is 0.248 e. The minimum atomic E-state index is -0.934. The second kappa shape index (κ2) is 6.02. The van der Waals surface area contributed by atoms with E-state index < -0.39 is 11.4 Å². The first-order valence-corrected chi connectivity index (χ1v) is 7.28. The number of amides is 2. The summed E-state index contributed by atoms with van der Waals surface area (Å²) in [7, 11) is 0. The van der Waals surface area contributed by atoms with E-state index in [1.165, 1.54) is 11.0 Å². The molecule has 1 saturated heterocycles. The molecule has 1 aromatic rings. The fourth-order valence-corrected chi connectivity index (χ4v) is 2.52. The number of carbonyl (C=O) groups is 2. The molecule has 0 bridgehead atoms. The predicted octanol–water partition coefficient (Wildman–Crippen LogP) is 2.50. The summed E-state index contributed by atoms with van der Waals surface area (Å²) in [6.07, 6.45) is 0.702. The van der Waals surface area contributed by atoms with Crippen LogP contribution < -0.4 is 5.32 Å². The number of benzene rings is 1. The SMILES string of the molecule is CCC1(C)NC(=O)CCN(Cc2ccc(Cl)cc2F)C1=O. The maximum Gasteiger partial charge on any atom is 0.248 e. The van der Waals surface area contributed by atoms with Gasteiger partial charge >= 0.3 is 0 Å². The predicted molar refractivity (Wildman–Crippen MR) is 78.3 cm³/mol. The average Bonchev–Trinajstić information content (AvgIpc) is 2.53. The Hall–Kier alpha value is -1.62. The first kappa shape index (κ1) is 15.8. The summed E-state index contributed by atoms with van der Waals surface area (Å²) in [5.41, 5.74) is -0.545. The van der Waals surface area contributed by atoms with Gasteiger partial charge in [0.1, 0.15) is 11.4 Å². The first-order valence-electron chi connectivity index (χ1n) is 6.90. The lowest BCUT2D eigenvalue weighted by Crippen LogP contribution is -2.54. The number of nitrogens with zero attached hydrogens (tertiary/aromatic N) is 1. The third-order valence-electron chi connectivity index (χ3n) is 3.87. The van der Waals surface area contributed by atoms with Gasteiger partial charge in [-0.2, -0.15) is 0 Å². The largest absolute Gasteiger partial charge is 0.342 e. The van der Waals surface area contributed by atoms with E-state index in [-0.39, 0.29) is 31.3 Å².